The van der Waals surface area contributed by atoms with Gasteiger partial charge in [0.05, 0.1) is 0 Å². The summed E-state index contributed by atoms with van der Waals surface area (Å²) in [6, 6.07) is 9.99. The molecule has 0 saturated carbocycles. The van der Waals surface area contributed by atoms with Gasteiger partial charge in [-0.1, -0.05) is 30.3 Å². The van der Waals surface area contributed by atoms with Crippen molar-refractivity contribution >= 4 is 27.1 Å². The third-order valence-electron chi connectivity index (χ3n) is 3.43. The zero-order valence-electron chi connectivity index (χ0n) is 11.3. The molecule has 1 N–H and O–H groups in total. The van der Waals surface area contributed by atoms with Gasteiger partial charge < -0.3 is 4.57 Å². The number of hydrogen-bond donors (Lipinski definition) is 1. The predicted molar refractivity (Wildman–Crippen MR) is 83.4 cm³/mol. The van der Waals surface area contributed by atoms with Crippen molar-refractivity contribution < 1.29 is 0 Å². The molecule has 2 aromatic heterocycles. The van der Waals surface area contributed by atoms with Crippen LogP contribution >= 0.6 is 15.9 Å². The molecule has 0 saturated heterocycles. The summed E-state index contributed by atoms with van der Waals surface area (Å²) in [6.07, 6.45) is 0.771. The molecular weight excluding hydrogens is 336 g/mol. The zero-order valence-corrected chi connectivity index (χ0v) is 12.9. The number of nitrogens with one attached hydrogen (secondary N) is 1. The van der Waals surface area contributed by atoms with E-state index < -0.39 is 11.2 Å². The van der Waals surface area contributed by atoms with Gasteiger partial charge in [-0.15, -0.1) is 0 Å². The number of halogens is 1. The largest absolute Gasteiger partial charge is 0.329 e. The first kappa shape index (κ1) is 13.8. The number of aryl methyl sites for hydroxylation is 3. The Morgan fingerprint density at radius 2 is 1.95 bits per heavy atom. The van der Waals surface area contributed by atoms with Crippen LogP contribution in [0.3, 0.4) is 0 Å². The highest BCUT2D eigenvalue weighted by molar-refractivity contribution is 9.10. The highest BCUT2D eigenvalue weighted by atomic mass is 79.9. The first-order valence-electron chi connectivity index (χ1n) is 6.47. The minimum Gasteiger partial charge on any atom is -0.312 e. The van der Waals surface area contributed by atoms with E-state index in [1.165, 1.54) is 10.1 Å². The van der Waals surface area contributed by atoms with Crippen LogP contribution in [0.2, 0.25) is 0 Å². The third kappa shape index (κ3) is 2.44. The lowest BCUT2D eigenvalue weighted by Gasteiger charge is -2.06. The SMILES string of the molecule is Cn1c(=O)[nH]c(=O)c2c1nc(Br)n2CCc1ccccc1. The molecule has 3 rings (SSSR count). The maximum atomic E-state index is 12.0. The number of imidazole rings is 1. The molecule has 0 fully saturated rings. The number of aromatic nitrogens is 4. The number of nitrogens with zero attached hydrogens (tertiary/aromatic N) is 3. The Labute approximate surface area is 128 Å². The van der Waals surface area contributed by atoms with Crippen molar-refractivity contribution in [2.45, 2.75) is 13.0 Å². The van der Waals surface area contributed by atoms with E-state index in [1.807, 2.05) is 30.3 Å². The quantitative estimate of drug-likeness (QED) is 0.727. The Balaban J connectivity index is 2.07. The molecule has 0 atom stereocenters. The number of hydrogen-bond acceptors (Lipinski definition) is 3. The van der Waals surface area contributed by atoms with Crippen molar-refractivity contribution in [1.29, 1.82) is 0 Å². The highest BCUT2D eigenvalue weighted by Gasteiger charge is 2.15. The predicted octanol–water partition coefficient (Wildman–Crippen LogP) is 1.43. The highest BCUT2D eigenvalue weighted by Crippen LogP contribution is 2.16. The Morgan fingerprint density at radius 1 is 1.24 bits per heavy atom. The lowest BCUT2D eigenvalue weighted by Crippen LogP contribution is -2.29. The number of H-pyrrole nitrogens is 1. The Morgan fingerprint density at radius 3 is 2.67 bits per heavy atom. The standard InChI is InChI=1S/C14H13BrN4O2/c1-18-11-10(12(20)17-14(18)21)19(13(15)16-11)8-7-9-5-3-2-4-6-9/h2-6H,7-8H2,1H3,(H,17,20,21). The maximum Gasteiger partial charge on any atom is 0.329 e. The molecule has 0 unspecified atom stereocenters. The van der Waals surface area contributed by atoms with Crippen molar-refractivity contribution in [3.05, 3.63) is 61.5 Å². The molecular formula is C14H13BrN4O2. The molecule has 0 aliphatic heterocycles. The first-order valence-corrected chi connectivity index (χ1v) is 7.26. The summed E-state index contributed by atoms with van der Waals surface area (Å²) < 4.78 is 3.65. The topological polar surface area (TPSA) is 72.7 Å². The van der Waals surface area contributed by atoms with Crippen LogP contribution in [-0.2, 0) is 20.0 Å². The van der Waals surface area contributed by atoms with E-state index in [4.69, 9.17) is 0 Å². The first-order chi connectivity index (χ1) is 10.1. The zero-order chi connectivity index (χ0) is 15.0. The summed E-state index contributed by atoms with van der Waals surface area (Å²) in [5.74, 6) is 0. The molecule has 0 amide bonds. The lowest BCUT2D eigenvalue weighted by molar-refractivity contribution is 0.696. The van der Waals surface area contributed by atoms with Crippen LogP contribution in [0, 0.1) is 0 Å². The van der Waals surface area contributed by atoms with Gasteiger partial charge >= 0.3 is 5.69 Å². The molecule has 6 nitrogen and oxygen atoms in total. The van der Waals surface area contributed by atoms with Gasteiger partial charge in [0.2, 0.25) is 0 Å². The van der Waals surface area contributed by atoms with Crippen molar-refractivity contribution in [3.63, 3.8) is 0 Å². The van der Waals surface area contributed by atoms with Gasteiger partial charge in [-0.25, -0.2) is 9.78 Å². The maximum absolute atomic E-state index is 12.0. The fourth-order valence-corrected chi connectivity index (χ4v) is 2.82. The molecule has 0 aliphatic rings. The molecule has 108 valence electrons. The van der Waals surface area contributed by atoms with E-state index >= 15 is 0 Å². The van der Waals surface area contributed by atoms with Crippen LogP contribution in [0.25, 0.3) is 11.2 Å². The van der Waals surface area contributed by atoms with Crippen LogP contribution in [0.4, 0.5) is 0 Å². The molecule has 3 aromatic rings. The van der Waals surface area contributed by atoms with E-state index in [0.717, 1.165) is 6.42 Å². The fourth-order valence-electron chi connectivity index (χ4n) is 2.30. The summed E-state index contributed by atoms with van der Waals surface area (Å²) >= 11 is 3.36. The summed E-state index contributed by atoms with van der Waals surface area (Å²) in [7, 11) is 1.58. The van der Waals surface area contributed by atoms with Crippen LogP contribution in [0.5, 0.6) is 0 Å². The average Bonchev–Trinajstić information content (AvgIpc) is 2.81. The Kier molecular flexibility index (Phi) is 3.50. The monoisotopic (exact) mass is 348 g/mol. The smallest absolute Gasteiger partial charge is 0.312 e. The summed E-state index contributed by atoms with van der Waals surface area (Å²) in [5.41, 5.74) is 1.07. The van der Waals surface area contributed by atoms with E-state index in [-0.39, 0.29) is 0 Å². The van der Waals surface area contributed by atoms with Gasteiger partial charge in [0, 0.05) is 13.6 Å². The van der Waals surface area contributed by atoms with E-state index in [1.54, 1.807) is 11.6 Å². The Bertz CT molecular complexity index is 908. The fraction of sp³-hybridized carbons (Fsp3) is 0.214. The summed E-state index contributed by atoms with van der Waals surface area (Å²) in [4.78, 5) is 30.2. The van der Waals surface area contributed by atoms with E-state index in [9.17, 15) is 9.59 Å². The van der Waals surface area contributed by atoms with Crippen LogP contribution in [-0.4, -0.2) is 19.1 Å². The second-order valence-corrected chi connectivity index (χ2v) is 5.47. The van der Waals surface area contributed by atoms with Crippen molar-refractivity contribution in [2.75, 3.05) is 0 Å². The van der Waals surface area contributed by atoms with Gasteiger partial charge in [-0.3, -0.25) is 14.3 Å². The van der Waals surface area contributed by atoms with Crippen LogP contribution in [0.1, 0.15) is 5.56 Å². The van der Waals surface area contributed by atoms with Gasteiger partial charge in [0.1, 0.15) is 0 Å². The van der Waals surface area contributed by atoms with Crippen LogP contribution < -0.4 is 11.2 Å². The van der Waals surface area contributed by atoms with E-state index in [2.05, 4.69) is 25.9 Å². The lowest BCUT2D eigenvalue weighted by atomic mass is 10.1. The molecule has 0 radical (unpaired) electrons. The molecule has 0 bridgehead atoms. The second kappa shape index (κ2) is 5.33. The average molecular weight is 349 g/mol. The summed E-state index contributed by atoms with van der Waals surface area (Å²) in [6.45, 7) is 0.600. The normalized spacial score (nSPS) is 11.1. The minimum atomic E-state index is -0.465. The number of benzene rings is 1. The van der Waals surface area contributed by atoms with Gasteiger partial charge in [0.15, 0.2) is 15.9 Å². The van der Waals surface area contributed by atoms with Crippen LogP contribution in [0.15, 0.2) is 44.7 Å². The molecule has 7 heteroatoms. The number of rotatable bonds is 3. The minimum absolute atomic E-state index is 0.378. The van der Waals surface area contributed by atoms with Gasteiger partial charge in [-0.05, 0) is 27.9 Å². The van der Waals surface area contributed by atoms with Crippen molar-refractivity contribution in [2.24, 2.45) is 7.05 Å². The van der Waals surface area contributed by atoms with Gasteiger partial charge in [0.25, 0.3) is 5.56 Å². The Hall–Kier alpha value is -2.15. The molecule has 0 aliphatic carbocycles. The van der Waals surface area contributed by atoms with Crippen molar-refractivity contribution in [3.8, 4) is 0 Å². The number of aromatic amines is 1. The second-order valence-electron chi connectivity index (χ2n) is 4.76. The molecule has 2 heterocycles. The number of fused-ring (bicyclic) bond motifs is 1. The summed E-state index contributed by atoms with van der Waals surface area (Å²) in [5, 5.41) is 0. The molecule has 0 spiro atoms. The van der Waals surface area contributed by atoms with Crippen molar-refractivity contribution in [1.82, 2.24) is 19.1 Å². The third-order valence-corrected chi connectivity index (χ3v) is 4.03. The molecule has 21 heavy (non-hydrogen) atoms. The van der Waals surface area contributed by atoms with E-state index in [0.29, 0.717) is 22.4 Å². The molecule has 1 aromatic carbocycles. The van der Waals surface area contributed by atoms with Gasteiger partial charge in [-0.2, -0.15) is 0 Å².